The van der Waals surface area contributed by atoms with Gasteiger partial charge in [-0.1, -0.05) is 42.0 Å². The molecule has 1 atom stereocenters. The summed E-state index contributed by atoms with van der Waals surface area (Å²) in [5, 5.41) is 0.815. The van der Waals surface area contributed by atoms with Crippen molar-refractivity contribution in [3.8, 4) is 0 Å². The van der Waals surface area contributed by atoms with Crippen molar-refractivity contribution in [3.63, 3.8) is 0 Å². The summed E-state index contributed by atoms with van der Waals surface area (Å²) >= 11 is 0. The van der Waals surface area contributed by atoms with Gasteiger partial charge in [0.15, 0.2) is 9.84 Å². The minimum Gasteiger partial charge on any atom is -0.341 e. The number of benzene rings is 2. The standard InChI is InChI=1S/C20H22N2O2S/c1-14-8-9-17-16(12-14)19(25(2,23)24)18-10-11-20(21,13-22(17)18)15-6-4-3-5-7-15/h3-9,12H,10-11,13,21H2,1-2H3/t20-/m1/s1. The third-order valence-electron chi connectivity index (χ3n) is 5.24. The Kier molecular flexibility index (Phi) is 3.56. The van der Waals surface area contributed by atoms with E-state index in [1.807, 2.05) is 43.3 Å². The molecule has 0 unspecified atom stereocenters. The summed E-state index contributed by atoms with van der Waals surface area (Å²) in [6.07, 6.45) is 2.68. The number of aryl methyl sites for hydroxylation is 1. The average molecular weight is 354 g/mol. The lowest BCUT2D eigenvalue weighted by Crippen LogP contribution is -2.44. The van der Waals surface area contributed by atoms with Crippen molar-refractivity contribution in [2.24, 2.45) is 5.73 Å². The van der Waals surface area contributed by atoms with E-state index < -0.39 is 15.4 Å². The Hall–Kier alpha value is -2.11. The zero-order valence-electron chi connectivity index (χ0n) is 14.5. The number of hydrogen-bond donors (Lipinski definition) is 1. The van der Waals surface area contributed by atoms with Crippen LogP contribution in [-0.4, -0.2) is 19.2 Å². The molecule has 0 radical (unpaired) electrons. The molecule has 0 saturated heterocycles. The topological polar surface area (TPSA) is 65.1 Å². The van der Waals surface area contributed by atoms with Gasteiger partial charge in [0.1, 0.15) is 0 Å². The lowest BCUT2D eigenvalue weighted by molar-refractivity contribution is 0.313. The first-order valence-corrected chi connectivity index (χ1v) is 10.3. The fraction of sp³-hybridized carbons (Fsp3) is 0.300. The largest absolute Gasteiger partial charge is 0.341 e. The first-order valence-electron chi connectivity index (χ1n) is 8.46. The van der Waals surface area contributed by atoms with Gasteiger partial charge < -0.3 is 10.3 Å². The van der Waals surface area contributed by atoms with Crippen LogP contribution in [0.4, 0.5) is 0 Å². The Balaban J connectivity index is 1.96. The molecule has 2 aromatic carbocycles. The maximum absolute atomic E-state index is 12.5. The molecular formula is C20H22N2O2S. The van der Waals surface area contributed by atoms with Gasteiger partial charge in [-0.05, 0) is 37.5 Å². The number of sulfone groups is 1. The van der Waals surface area contributed by atoms with Crippen molar-refractivity contribution < 1.29 is 8.42 Å². The van der Waals surface area contributed by atoms with E-state index in [0.717, 1.165) is 34.1 Å². The lowest BCUT2D eigenvalue weighted by Gasteiger charge is -2.36. The molecule has 2 N–H and O–H groups in total. The number of fused-ring (bicyclic) bond motifs is 3. The minimum absolute atomic E-state index is 0.473. The van der Waals surface area contributed by atoms with Crippen molar-refractivity contribution in [1.29, 1.82) is 0 Å². The molecule has 5 heteroatoms. The molecule has 0 bridgehead atoms. The van der Waals surface area contributed by atoms with Crippen molar-refractivity contribution in [2.75, 3.05) is 6.26 Å². The number of hydrogen-bond acceptors (Lipinski definition) is 3. The summed E-state index contributed by atoms with van der Waals surface area (Å²) in [6, 6.07) is 16.1. The van der Waals surface area contributed by atoms with E-state index in [4.69, 9.17) is 5.73 Å². The molecule has 4 rings (SSSR count). The maximum atomic E-state index is 12.5. The van der Waals surface area contributed by atoms with Gasteiger partial charge >= 0.3 is 0 Å². The van der Waals surface area contributed by atoms with Gasteiger partial charge in [0, 0.05) is 29.4 Å². The number of nitrogens with two attached hydrogens (primary N) is 1. The van der Waals surface area contributed by atoms with Crippen molar-refractivity contribution >= 4 is 20.7 Å². The highest BCUT2D eigenvalue weighted by Crippen LogP contribution is 2.39. The van der Waals surface area contributed by atoms with Crippen LogP contribution >= 0.6 is 0 Å². The first kappa shape index (κ1) is 16.4. The van der Waals surface area contributed by atoms with E-state index >= 15 is 0 Å². The van der Waals surface area contributed by atoms with Crippen LogP contribution in [0.3, 0.4) is 0 Å². The molecule has 130 valence electrons. The highest BCUT2D eigenvalue weighted by atomic mass is 32.2. The van der Waals surface area contributed by atoms with Crippen molar-refractivity contribution in [2.45, 2.75) is 36.7 Å². The van der Waals surface area contributed by atoms with Crippen LogP contribution in [0.2, 0.25) is 0 Å². The van der Waals surface area contributed by atoms with Gasteiger partial charge in [0.05, 0.1) is 10.4 Å². The molecule has 2 heterocycles. The minimum atomic E-state index is -3.31. The molecule has 0 saturated carbocycles. The van der Waals surface area contributed by atoms with Gasteiger partial charge in [-0.15, -0.1) is 0 Å². The van der Waals surface area contributed by atoms with Crippen LogP contribution in [0.5, 0.6) is 0 Å². The molecule has 25 heavy (non-hydrogen) atoms. The van der Waals surface area contributed by atoms with Crippen LogP contribution in [0.1, 0.15) is 23.2 Å². The van der Waals surface area contributed by atoms with Crippen molar-refractivity contribution in [3.05, 3.63) is 65.4 Å². The molecule has 0 aliphatic carbocycles. The molecule has 4 nitrogen and oxygen atoms in total. The second kappa shape index (κ2) is 5.44. The normalized spacial score (nSPS) is 20.6. The summed E-state index contributed by atoms with van der Waals surface area (Å²) < 4.78 is 27.1. The van der Waals surface area contributed by atoms with E-state index in [9.17, 15) is 8.42 Å². The molecule has 1 aliphatic heterocycles. The quantitative estimate of drug-likeness (QED) is 0.769. The number of nitrogens with zero attached hydrogens (tertiary/aromatic N) is 1. The van der Waals surface area contributed by atoms with E-state index in [-0.39, 0.29) is 0 Å². The third kappa shape index (κ3) is 2.58. The average Bonchev–Trinajstić information content (AvgIpc) is 2.88. The van der Waals surface area contributed by atoms with Crippen LogP contribution in [0.15, 0.2) is 53.4 Å². The van der Waals surface area contributed by atoms with Gasteiger partial charge in [-0.3, -0.25) is 0 Å². The fourth-order valence-corrected chi connectivity index (χ4v) is 5.24. The Morgan fingerprint density at radius 1 is 1.12 bits per heavy atom. The Morgan fingerprint density at radius 3 is 2.52 bits per heavy atom. The number of aromatic nitrogens is 1. The SMILES string of the molecule is Cc1ccc2c(c1)c(S(C)(=O)=O)c1n2C[C@@](N)(c2ccccc2)CC1. The molecular weight excluding hydrogens is 332 g/mol. The zero-order chi connectivity index (χ0) is 17.8. The Bertz CT molecular complexity index is 1070. The summed E-state index contributed by atoms with van der Waals surface area (Å²) in [5.41, 5.74) is 10.3. The van der Waals surface area contributed by atoms with Crippen LogP contribution in [0.25, 0.3) is 10.9 Å². The molecule has 3 aromatic rings. The van der Waals surface area contributed by atoms with E-state index in [2.05, 4.69) is 16.7 Å². The lowest BCUT2D eigenvalue weighted by atomic mass is 9.83. The molecule has 0 spiro atoms. The Morgan fingerprint density at radius 2 is 1.84 bits per heavy atom. The highest BCUT2D eigenvalue weighted by Gasteiger charge is 2.36. The predicted molar refractivity (Wildman–Crippen MR) is 100 cm³/mol. The third-order valence-corrected chi connectivity index (χ3v) is 6.44. The van der Waals surface area contributed by atoms with E-state index in [1.54, 1.807) is 0 Å². The number of rotatable bonds is 2. The molecule has 1 aliphatic rings. The van der Waals surface area contributed by atoms with Crippen LogP contribution in [0, 0.1) is 6.92 Å². The summed E-state index contributed by atoms with van der Waals surface area (Å²) in [7, 11) is -3.31. The zero-order valence-corrected chi connectivity index (χ0v) is 15.3. The summed E-state index contributed by atoms with van der Waals surface area (Å²) in [6.45, 7) is 2.57. The first-order chi connectivity index (χ1) is 11.8. The van der Waals surface area contributed by atoms with E-state index in [0.29, 0.717) is 17.9 Å². The second-order valence-electron chi connectivity index (χ2n) is 7.18. The van der Waals surface area contributed by atoms with Gasteiger partial charge in [-0.25, -0.2) is 8.42 Å². The predicted octanol–water partition coefficient (Wildman–Crippen LogP) is 3.15. The maximum Gasteiger partial charge on any atom is 0.177 e. The fourth-order valence-electron chi connectivity index (χ4n) is 4.04. The highest BCUT2D eigenvalue weighted by molar-refractivity contribution is 7.91. The van der Waals surface area contributed by atoms with Gasteiger partial charge in [0.25, 0.3) is 0 Å². The molecule has 1 aromatic heterocycles. The molecule has 0 amide bonds. The van der Waals surface area contributed by atoms with Crippen molar-refractivity contribution in [1.82, 2.24) is 4.57 Å². The van der Waals surface area contributed by atoms with Crippen LogP contribution < -0.4 is 5.73 Å². The van der Waals surface area contributed by atoms with Gasteiger partial charge in [-0.2, -0.15) is 0 Å². The summed E-state index contributed by atoms with van der Waals surface area (Å²) in [5.74, 6) is 0. The summed E-state index contributed by atoms with van der Waals surface area (Å²) in [4.78, 5) is 0.473. The smallest absolute Gasteiger partial charge is 0.177 e. The van der Waals surface area contributed by atoms with Gasteiger partial charge in [0.2, 0.25) is 0 Å². The molecule has 0 fully saturated rings. The second-order valence-corrected chi connectivity index (χ2v) is 9.13. The monoisotopic (exact) mass is 354 g/mol. The van der Waals surface area contributed by atoms with E-state index in [1.165, 1.54) is 6.26 Å². The van der Waals surface area contributed by atoms with Crippen LogP contribution in [-0.2, 0) is 28.3 Å². The Labute approximate surface area is 148 Å².